The fourth-order valence-corrected chi connectivity index (χ4v) is 5.21. The number of hydrogen-bond donors (Lipinski definition) is 0. The maximum Gasteiger partial charge on any atom is 0.339 e. The largest absolute Gasteiger partial charge is 0.455 e. The van der Waals surface area contributed by atoms with E-state index in [-0.39, 0.29) is 10.8 Å². The average molecular weight is 415 g/mol. The van der Waals surface area contributed by atoms with Gasteiger partial charge in [-0.1, -0.05) is 53.7 Å². The van der Waals surface area contributed by atoms with Crippen molar-refractivity contribution in [2.75, 3.05) is 0 Å². The van der Waals surface area contributed by atoms with E-state index in [0.717, 1.165) is 51.4 Å². The zero-order valence-electron chi connectivity index (χ0n) is 19.6. The Balaban J connectivity index is 1.87. The first kappa shape index (κ1) is 22.8. The topological polar surface area (TPSA) is 52.6 Å². The summed E-state index contributed by atoms with van der Waals surface area (Å²) >= 11 is 0. The van der Waals surface area contributed by atoms with E-state index in [1.165, 1.54) is 0 Å². The van der Waals surface area contributed by atoms with Gasteiger partial charge in [-0.05, 0) is 63.5 Å². The van der Waals surface area contributed by atoms with Crippen molar-refractivity contribution < 1.29 is 19.1 Å². The molecule has 2 fully saturated rings. The monoisotopic (exact) mass is 414 g/mol. The van der Waals surface area contributed by atoms with E-state index < -0.39 is 23.1 Å². The van der Waals surface area contributed by atoms with Crippen LogP contribution < -0.4 is 0 Å². The molecule has 0 amide bonds. The molecule has 2 saturated carbocycles. The molecule has 30 heavy (non-hydrogen) atoms. The number of rotatable bonds is 4. The summed E-state index contributed by atoms with van der Waals surface area (Å²) in [6.45, 7) is 12.7. The molecule has 1 aromatic rings. The van der Waals surface area contributed by atoms with Gasteiger partial charge in [0.15, 0.2) is 0 Å². The van der Waals surface area contributed by atoms with Crippen LogP contribution in [0.3, 0.4) is 0 Å². The number of carbonyl (C=O) groups excluding carboxylic acids is 2. The second-order valence-corrected chi connectivity index (χ2v) is 11.2. The molecule has 0 radical (unpaired) electrons. The Morgan fingerprint density at radius 1 is 0.667 bits per heavy atom. The Bertz CT molecular complexity index is 715. The first-order valence-electron chi connectivity index (χ1n) is 11.5. The molecule has 0 saturated heterocycles. The molecule has 0 aliphatic heterocycles. The molecular formula is C26H38O4. The maximum absolute atomic E-state index is 13.3. The molecule has 0 spiro atoms. The maximum atomic E-state index is 13.3. The summed E-state index contributed by atoms with van der Waals surface area (Å²) in [6.07, 6.45) is 7.68. The van der Waals surface area contributed by atoms with Crippen LogP contribution in [-0.4, -0.2) is 23.1 Å². The number of carbonyl (C=O) groups is 2. The zero-order valence-corrected chi connectivity index (χ0v) is 19.6. The molecule has 4 nitrogen and oxygen atoms in total. The molecule has 0 unspecified atom stereocenters. The lowest BCUT2D eigenvalue weighted by molar-refractivity contribution is -0.0777. The van der Waals surface area contributed by atoms with Gasteiger partial charge in [0.05, 0.1) is 11.1 Å². The van der Waals surface area contributed by atoms with Crippen LogP contribution in [0.5, 0.6) is 0 Å². The molecule has 2 aliphatic carbocycles. The molecule has 0 aromatic heterocycles. The van der Waals surface area contributed by atoms with Crippen LogP contribution in [0, 0.1) is 10.8 Å². The minimum Gasteiger partial charge on any atom is -0.455 e. The SMILES string of the molecule is CC(C)(C)C1(OC(=O)c2ccccc2C(=O)OC2(C(C)(C)C)CCCC2)CCCC1. The van der Waals surface area contributed by atoms with Crippen LogP contribution in [0.15, 0.2) is 24.3 Å². The Kier molecular flexibility index (Phi) is 6.10. The van der Waals surface area contributed by atoms with E-state index in [1.807, 2.05) is 0 Å². The van der Waals surface area contributed by atoms with Gasteiger partial charge < -0.3 is 9.47 Å². The third kappa shape index (κ3) is 4.15. The Hall–Kier alpha value is -1.84. The highest BCUT2D eigenvalue weighted by atomic mass is 16.6. The van der Waals surface area contributed by atoms with Gasteiger partial charge in [0.2, 0.25) is 0 Å². The quantitative estimate of drug-likeness (QED) is 0.513. The van der Waals surface area contributed by atoms with E-state index in [0.29, 0.717) is 11.1 Å². The van der Waals surface area contributed by atoms with Crippen molar-refractivity contribution in [3.05, 3.63) is 35.4 Å². The Morgan fingerprint density at radius 3 is 1.23 bits per heavy atom. The standard InChI is InChI=1S/C26H38O4/c1-23(2,3)25(15-9-10-16-25)29-21(27)19-13-7-8-14-20(19)22(28)30-26(24(4,5)6)17-11-12-18-26/h7-8,13-14H,9-12,15-18H2,1-6H3. The van der Waals surface area contributed by atoms with E-state index in [9.17, 15) is 9.59 Å². The molecular weight excluding hydrogens is 376 g/mol. The van der Waals surface area contributed by atoms with Gasteiger partial charge in [-0.15, -0.1) is 0 Å². The summed E-state index contributed by atoms with van der Waals surface area (Å²) in [4.78, 5) is 26.5. The molecule has 0 N–H and O–H groups in total. The van der Waals surface area contributed by atoms with Crippen LogP contribution in [0.4, 0.5) is 0 Å². The van der Waals surface area contributed by atoms with Crippen LogP contribution >= 0.6 is 0 Å². The summed E-state index contributed by atoms with van der Waals surface area (Å²) in [7, 11) is 0. The molecule has 1 aromatic carbocycles. The molecule has 4 heteroatoms. The minimum absolute atomic E-state index is 0.158. The van der Waals surface area contributed by atoms with Gasteiger partial charge in [0.25, 0.3) is 0 Å². The van der Waals surface area contributed by atoms with Crippen LogP contribution in [-0.2, 0) is 9.47 Å². The van der Waals surface area contributed by atoms with Gasteiger partial charge in [-0.25, -0.2) is 9.59 Å². The van der Waals surface area contributed by atoms with E-state index in [1.54, 1.807) is 24.3 Å². The first-order valence-corrected chi connectivity index (χ1v) is 11.5. The van der Waals surface area contributed by atoms with Crippen LogP contribution in [0.1, 0.15) is 114 Å². The Morgan fingerprint density at radius 2 is 0.967 bits per heavy atom. The fourth-order valence-electron chi connectivity index (χ4n) is 5.21. The summed E-state index contributed by atoms with van der Waals surface area (Å²) < 4.78 is 12.3. The summed E-state index contributed by atoms with van der Waals surface area (Å²) in [5.74, 6) is -0.841. The summed E-state index contributed by atoms with van der Waals surface area (Å²) in [5.41, 5.74) is -0.679. The van der Waals surface area contributed by atoms with Crippen LogP contribution in [0.2, 0.25) is 0 Å². The first-order chi connectivity index (χ1) is 13.9. The van der Waals surface area contributed by atoms with Crippen molar-refractivity contribution in [3.8, 4) is 0 Å². The number of benzene rings is 1. The fraction of sp³-hybridized carbons (Fsp3) is 0.692. The lowest BCUT2D eigenvalue weighted by Crippen LogP contribution is -2.45. The van der Waals surface area contributed by atoms with E-state index in [2.05, 4.69) is 41.5 Å². The normalized spacial score (nSPS) is 20.7. The predicted molar refractivity (Wildman–Crippen MR) is 119 cm³/mol. The van der Waals surface area contributed by atoms with Crippen molar-refractivity contribution in [3.63, 3.8) is 0 Å². The minimum atomic E-state index is -0.487. The van der Waals surface area contributed by atoms with E-state index >= 15 is 0 Å². The molecule has 166 valence electrons. The van der Waals surface area contributed by atoms with Crippen molar-refractivity contribution in [2.24, 2.45) is 10.8 Å². The van der Waals surface area contributed by atoms with Crippen molar-refractivity contribution in [1.82, 2.24) is 0 Å². The smallest absolute Gasteiger partial charge is 0.339 e. The van der Waals surface area contributed by atoms with Gasteiger partial charge in [-0.3, -0.25) is 0 Å². The van der Waals surface area contributed by atoms with E-state index in [4.69, 9.17) is 9.47 Å². The number of hydrogen-bond acceptors (Lipinski definition) is 4. The molecule has 3 rings (SSSR count). The highest BCUT2D eigenvalue weighted by Crippen LogP contribution is 2.48. The Labute approximate surface area is 181 Å². The number of esters is 2. The molecule has 2 aliphatic rings. The van der Waals surface area contributed by atoms with Gasteiger partial charge in [0.1, 0.15) is 11.2 Å². The summed E-state index contributed by atoms with van der Waals surface area (Å²) in [5, 5.41) is 0. The lowest BCUT2D eigenvalue weighted by atomic mass is 9.75. The molecule has 0 heterocycles. The average Bonchev–Trinajstić information content (AvgIpc) is 3.31. The van der Waals surface area contributed by atoms with Gasteiger partial charge in [0, 0.05) is 10.8 Å². The number of ether oxygens (including phenoxy) is 2. The molecule has 0 atom stereocenters. The highest BCUT2D eigenvalue weighted by Gasteiger charge is 2.49. The third-order valence-electron chi connectivity index (χ3n) is 7.50. The van der Waals surface area contributed by atoms with Crippen molar-refractivity contribution in [1.29, 1.82) is 0 Å². The summed E-state index contributed by atoms with van der Waals surface area (Å²) in [6, 6.07) is 6.92. The van der Waals surface area contributed by atoms with Crippen LogP contribution in [0.25, 0.3) is 0 Å². The van der Waals surface area contributed by atoms with Crippen molar-refractivity contribution >= 4 is 11.9 Å². The molecule has 0 bridgehead atoms. The third-order valence-corrected chi connectivity index (χ3v) is 7.50. The lowest BCUT2D eigenvalue weighted by Gasteiger charge is -2.42. The van der Waals surface area contributed by atoms with Crippen molar-refractivity contribution in [2.45, 2.75) is 104 Å². The van der Waals surface area contributed by atoms with Gasteiger partial charge in [-0.2, -0.15) is 0 Å². The van der Waals surface area contributed by atoms with Gasteiger partial charge >= 0.3 is 11.9 Å². The second kappa shape index (κ2) is 8.01. The zero-order chi connectivity index (χ0) is 22.2. The predicted octanol–water partition coefficient (Wildman–Crippen LogP) is 6.72. The second-order valence-electron chi connectivity index (χ2n) is 11.2. The highest BCUT2D eigenvalue weighted by molar-refractivity contribution is 6.03.